The van der Waals surface area contributed by atoms with E-state index in [1.54, 1.807) is 24.2 Å². The lowest BCUT2D eigenvalue weighted by Crippen LogP contribution is -2.13. The Morgan fingerprint density at radius 2 is 1.64 bits per heavy atom. The molecular formula is C21H20N2OS. The minimum Gasteiger partial charge on any atom is -0.322 e. The van der Waals surface area contributed by atoms with Crippen LogP contribution in [0.1, 0.15) is 28.4 Å². The first-order valence-corrected chi connectivity index (χ1v) is 9.26. The van der Waals surface area contributed by atoms with E-state index in [0.29, 0.717) is 0 Å². The summed E-state index contributed by atoms with van der Waals surface area (Å²) in [7, 11) is 0. The molecule has 1 amide bonds. The Balaban J connectivity index is 1.68. The van der Waals surface area contributed by atoms with Gasteiger partial charge in [0.05, 0.1) is 5.56 Å². The molecule has 3 nitrogen and oxygen atoms in total. The first-order chi connectivity index (χ1) is 12.3. The Labute approximate surface area is 152 Å². The van der Waals surface area contributed by atoms with E-state index in [1.807, 2.05) is 60.7 Å². The number of rotatable bonds is 6. The van der Waals surface area contributed by atoms with Crippen LogP contribution in [-0.4, -0.2) is 16.6 Å². The van der Waals surface area contributed by atoms with Crippen LogP contribution in [0.15, 0.2) is 78.0 Å². The van der Waals surface area contributed by atoms with Gasteiger partial charge in [0, 0.05) is 23.0 Å². The number of pyridine rings is 1. The number of thioether (sulfide) groups is 1. The number of nitrogens with zero attached hydrogens (tertiary/aromatic N) is 1. The molecule has 0 bridgehead atoms. The summed E-state index contributed by atoms with van der Waals surface area (Å²) in [6.07, 6.45) is 4.46. The van der Waals surface area contributed by atoms with Gasteiger partial charge in [-0.25, -0.2) is 0 Å². The van der Waals surface area contributed by atoms with Gasteiger partial charge < -0.3 is 5.32 Å². The van der Waals surface area contributed by atoms with Crippen LogP contribution in [0.25, 0.3) is 0 Å². The minimum absolute atomic E-state index is 0.0709. The summed E-state index contributed by atoms with van der Waals surface area (Å²) in [5.41, 5.74) is 3.94. The Bertz CT molecular complexity index is 832. The van der Waals surface area contributed by atoms with Crippen molar-refractivity contribution in [1.82, 2.24) is 4.98 Å². The topological polar surface area (TPSA) is 42.0 Å². The molecule has 1 heterocycles. The van der Waals surface area contributed by atoms with Crippen molar-refractivity contribution in [3.05, 3.63) is 89.7 Å². The van der Waals surface area contributed by atoms with Gasteiger partial charge in [0.25, 0.3) is 5.91 Å². The zero-order chi connectivity index (χ0) is 17.5. The van der Waals surface area contributed by atoms with Crippen LogP contribution < -0.4 is 5.32 Å². The lowest BCUT2D eigenvalue weighted by molar-refractivity contribution is 0.102. The van der Waals surface area contributed by atoms with Crippen LogP contribution in [-0.2, 0) is 6.42 Å². The molecule has 0 aliphatic heterocycles. The van der Waals surface area contributed by atoms with Gasteiger partial charge in [-0.15, -0.1) is 11.8 Å². The summed E-state index contributed by atoms with van der Waals surface area (Å²) in [6, 6.07) is 19.7. The molecule has 3 rings (SSSR count). The van der Waals surface area contributed by atoms with Crippen molar-refractivity contribution in [2.24, 2.45) is 0 Å². The van der Waals surface area contributed by atoms with Crippen molar-refractivity contribution in [2.75, 3.05) is 11.1 Å². The van der Waals surface area contributed by atoms with Crippen LogP contribution in [0.5, 0.6) is 0 Å². The molecule has 0 saturated carbocycles. The van der Waals surface area contributed by atoms with Gasteiger partial charge in [0.1, 0.15) is 0 Å². The fourth-order valence-corrected chi connectivity index (χ4v) is 3.38. The number of nitrogens with one attached hydrogen (secondary N) is 1. The fourth-order valence-electron chi connectivity index (χ4n) is 2.58. The standard InChI is InChI=1S/C21H20N2OS/c1-2-25-20-6-4-3-5-19(20)21(24)23-18-9-7-16(8-10-18)15-17-11-13-22-14-12-17/h3-14H,2,15H2,1H3,(H,23,24). The van der Waals surface area contributed by atoms with Gasteiger partial charge in [-0.1, -0.05) is 31.2 Å². The predicted molar refractivity (Wildman–Crippen MR) is 104 cm³/mol. The first kappa shape index (κ1) is 17.2. The Kier molecular flexibility index (Phi) is 5.86. The number of hydrogen-bond acceptors (Lipinski definition) is 3. The van der Waals surface area contributed by atoms with Crippen molar-refractivity contribution >= 4 is 23.4 Å². The highest BCUT2D eigenvalue weighted by molar-refractivity contribution is 7.99. The van der Waals surface area contributed by atoms with Crippen molar-refractivity contribution in [2.45, 2.75) is 18.2 Å². The smallest absolute Gasteiger partial charge is 0.256 e. The summed E-state index contributed by atoms with van der Waals surface area (Å²) >= 11 is 1.68. The molecule has 0 aliphatic rings. The number of aromatic nitrogens is 1. The average molecular weight is 348 g/mol. The molecule has 0 radical (unpaired) electrons. The highest BCUT2D eigenvalue weighted by atomic mass is 32.2. The molecule has 126 valence electrons. The zero-order valence-electron chi connectivity index (χ0n) is 14.1. The minimum atomic E-state index is -0.0709. The van der Waals surface area contributed by atoms with E-state index in [4.69, 9.17) is 0 Å². The normalized spacial score (nSPS) is 10.4. The van der Waals surface area contributed by atoms with E-state index in [9.17, 15) is 4.79 Å². The molecule has 3 aromatic rings. The van der Waals surface area contributed by atoms with E-state index in [0.717, 1.165) is 28.3 Å². The Hall–Kier alpha value is -2.59. The van der Waals surface area contributed by atoms with Gasteiger partial charge in [-0.05, 0) is 59.7 Å². The van der Waals surface area contributed by atoms with E-state index >= 15 is 0 Å². The van der Waals surface area contributed by atoms with Gasteiger partial charge in [0.2, 0.25) is 0 Å². The lowest BCUT2D eigenvalue weighted by Gasteiger charge is -2.10. The number of amides is 1. The molecule has 0 atom stereocenters. The molecule has 1 aromatic heterocycles. The van der Waals surface area contributed by atoms with Gasteiger partial charge in [0.15, 0.2) is 0 Å². The van der Waals surface area contributed by atoms with E-state index in [-0.39, 0.29) is 5.91 Å². The first-order valence-electron chi connectivity index (χ1n) is 8.27. The molecule has 25 heavy (non-hydrogen) atoms. The van der Waals surface area contributed by atoms with Gasteiger partial charge >= 0.3 is 0 Å². The second-order valence-electron chi connectivity index (χ2n) is 5.61. The quantitative estimate of drug-likeness (QED) is 0.635. The van der Waals surface area contributed by atoms with Crippen LogP contribution in [0, 0.1) is 0 Å². The third kappa shape index (κ3) is 4.70. The van der Waals surface area contributed by atoms with Crippen LogP contribution in [0.3, 0.4) is 0 Å². The number of anilines is 1. The SMILES string of the molecule is CCSc1ccccc1C(=O)Nc1ccc(Cc2ccncc2)cc1. The lowest BCUT2D eigenvalue weighted by atomic mass is 10.1. The number of hydrogen-bond donors (Lipinski definition) is 1. The number of carbonyl (C=O) groups excluding carboxylic acids is 1. The van der Waals surface area contributed by atoms with E-state index in [2.05, 4.69) is 17.2 Å². The number of benzene rings is 2. The van der Waals surface area contributed by atoms with E-state index < -0.39 is 0 Å². The molecule has 1 N–H and O–H groups in total. The van der Waals surface area contributed by atoms with Crippen molar-refractivity contribution in [3.63, 3.8) is 0 Å². The monoisotopic (exact) mass is 348 g/mol. The van der Waals surface area contributed by atoms with Gasteiger partial charge in [-0.3, -0.25) is 9.78 Å². The predicted octanol–water partition coefficient (Wildman–Crippen LogP) is 5.04. The maximum absolute atomic E-state index is 12.6. The summed E-state index contributed by atoms with van der Waals surface area (Å²) in [5.74, 6) is 0.868. The molecular weight excluding hydrogens is 328 g/mol. The largest absolute Gasteiger partial charge is 0.322 e. The van der Waals surface area contributed by atoms with Gasteiger partial charge in [-0.2, -0.15) is 0 Å². The second kappa shape index (κ2) is 8.49. The highest BCUT2D eigenvalue weighted by Gasteiger charge is 2.11. The number of carbonyl (C=O) groups is 1. The van der Waals surface area contributed by atoms with Crippen LogP contribution in [0.4, 0.5) is 5.69 Å². The fraction of sp³-hybridized carbons (Fsp3) is 0.143. The maximum Gasteiger partial charge on any atom is 0.256 e. The summed E-state index contributed by atoms with van der Waals surface area (Å²) < 4.78 is 0. The Morgan fingerprint density at radius 3 is 2.36 bits per heavy atom. The summed E-state index contributed by atoms with van der Waals surface area (Å²) in [4.78, 5) is 17.6. The average Bonchev–Trinajstić information content (AvgIpc) is 2.65. The molecule has 0 saturated heterocycles. The van der Waals surface area contributed by atoms with Crippen molar-refractivity contribution in [1.29, 1.82) is 0 Å². The second-order valence-corrected chi connectivity index (χ2v) is 6.92. The van der Waals surface area contributed by atoms with Crippen molar-refractivity contribution in [3.8, 4) is 0 Å². The molecule has 2 aromatic carbocycles. The third-order valence-electron chi connectivity index (χ3n) is 3.80. The molecule has 0 fully saturated rings. The third-order valence-corrected chi connectivity index (χ3v) is 4.76. The summed E-state index contributed by atoms with van der Waals surface area (Å²) in [6.45, 7) is 2.08. The highest BCUT2D eigenvalue weighted by Crippen LogP contribution is 2.23. The molecule has 4 heteroatoms. The molecule has 0 aliphatic carbocycles. The molecule has 0 unspecified atom stereocenters. The maximum atomic E-state index is 12.6. The zero-order valence-corrected chi connectivity index (χ0v) is 14.9. The van der Waals surface area contributed by atoms with Crippen LogP contribution >= 0.6 is 11.8 Å². The molecule has 0 spiro atoms. The summed E-state index contributed by atoms with van der Waals surface area (Å²) in [5, 5.41) is 2.99. The Morgan fingerprint density at radius 1 is 0.960 bits per heavy atom. The van der Waals surface area contributed by atoms with Crippen LogP contribution in [0.2, 0.25) is 0 Å². The van der Waals surface area contributed by atoms with Crippen molar-refractivity contribution < 1.29 is 4.79 Å². The van der Waals surface area contributed by atoms with E-state index in [1.165, 1.54) is 11.1 Å².